The van der Waals surface area contributed by atoms with Gasteiger partial charge in [-0.15, -0.1) is 0 Å². The van der Waals surface area contributed by atoms with E-state index >= 15 is 0 Å². The largest absolute Gasteiger partial charge is 0.340 e. The van der Waals surface area contributed by atoms with Crippen molar-refractivity contribution in [2.45, 2.75) is 58.0 Å². The zero-order chi connectivity index (χ0) is 23.3. The Morgan fingerprint density at radius 3 is 2.06 bits per heavy atom. The fourth-order valence-corrected chi connectivity index (χ4v) is 4.28. The Labute approximate surface area is 187 Å². The highest BCUT2D eigenvalue weighted by Gasteiger charge is 2.33. The Bertz CT molecular complexity index is 814. The SMILES string of the molecule is CC(C)[C@H](NC(=O)c1c(F)cccc1F)C(=O)N1CCN(C(=O)NC2CCCCC2)CC1. The minimum absolute atomic E-state index is 0.104. The zero-order valence-corrected chi connectivity index (χ0v) is 18.7. The van der Waals surface area contributed by atoms with Crippen molar-refractivity contribution in [1.29, 1.82) is 0 Å². The molecule has 176 valence electrons. The van der Waals surface area contributed by atoms with Crippen LogP contribution in [0.15, 0.2) is 18.2 Å². The van der Waals surface area contributed by atoms with E-state index in [1.807, 2.05) is 0 Å². The van der Waals surface area contributed by atoms with E-state index in [4.69, 9.17) is 0 Å². The van der Waals surface area contributed by atoms with Crippen LogP contribution >= 0.6 is 0 Å². The number of carbonyl (C=O) groups excluding carboxylic acids is 3. The number of urea groups is 1. The molecule has 2 aliphatic rings. The number of benzene rings is 1. The third-order valence-corrected chi connectivity index (χ3v) is 6.22. The number of nitrogens with one attached hydrogen (secondary N) is 2. The maximum Gasteiger partial charge on any atom is 0.317 e. The normalized spacial score (nSPS) is 18.4. The van der Waals surface area contributed by atoms with Gasteiger partial charge in [0, 0.05) is 32.2 Å². The van der Waals surface area contributed by atoms with E-state index in [0.29, 0.717) is 26.2 Å². The number of halogens is 2. The van der Waals surface area contributed by atoms with Gasteiger partial charge in [-0.25, -0.2) is 13.6 Å². The molecular formula is C23H32F2N4O3. The topological polar surface area (TPSA) is 81.8 Å². The van der Waals surface area contributed by atoms with Crippen molar-refractivity contribution in [1.82, 2.24) is 20.4 Å². The molecule has 1 aliphatic carbocycles. The average Bonchev–Trinajstić information content (AvgIpc) is 2.77. The highest BCUT2D eigenvalue weighted by Crippen LogP contribution is 2.18. The molecule has 9 heteroatoms. The Balaban J connectivity index is 1.56. The molecule has 0 radical (unpaired) electrons. The van der Waals surface area contributed by atoms with Gasteiger partial charge in [-0.3, -0.25) is 9.59 Å². The van der Waals surface area contributed by atoms with E-state index in [9.17, 15) is 23.2 Å². The van der Waals surface area contributed by atoms with Crippen molar-refractivity contribution in [3.8, 4) is 0 Å². The first-order valence-electron chi connectivity index (χ1n) is 11.4. The Hall–Kier alpha value is -2.71. The van der Waals surface area contributed by atoms with Crippen LogP contribution in [0.2, 0.25) is 0 Å². The average molecular weight is 451 g/mol. The molecule has 32 heavy (non-hydrogen) atoms. The second-order valence-electron chi connectivity index (χ2n) is 8.89. The highest BCUT2D eigenvalue weighted by atomic mass is 19.1. The van der Waals surface area contributed by atoms with Crippen molar-refractivity contribution in [3.63, 3.8) is 0 Å². The lowest BCUT2D eigenvalue weighted by atomic mass is 9.96. The predicted octanol–water partition coefficient (Wildman–Crippen LogP) is 2.91. The van der Waals surface area contributed by atoms with Gasteiger partial charge in [-0.05, 0) is 30.9 Å². The Morgan fingerprint density at radius 2 is 1.50 bits per heavy atom. The molecule has 3 rings (SSSR count). The first-order valence-corrected chi connectivity index (χ1v) is 11.4. The molecule has 4 amide bonds. The van der Waals surface area contributed by atoms with Gasteiger partial charge in [0.15, 0.2) is 0 Å². The number of rotatable bonds is 5. The molecule has 0 bridgehead atoms. The van der Waals surface area contributed by atoms with E-state index in [-0.39, 0.29) is 23.9 Å². The zero-order valence-electron chi connectivity index (χ0n) is 18.7. The van der Waals surface area contributed by atoms with Crippen molar-refractivity contribution >= 4 is 17.8 Å². The summed E-state index contributed by atoms with van der Waals surface area (Å²) in [5, 5.41) is 5.58. The molecule has 1 aromatic carbocycles. The van der Waals surface area contributed by atoms with Crippen LogP contribution in [0, 0.1) is 17.6 Å². The van der Waals surface area contributed by atoms with E-state index in [1.54, 1.807) is 23.6 Å². The number of nitrogens with zero attached hydrogens (tertiary/aromatic N) is 2. The summed E-state index contributed by atoms with van der Waals surface area (Å²) in [5.74, 6) is -3.52. The molecule has 1 atom stereocenters. The van der Waals surface area contributed by atoms with Crippen LogP contribution in [0.5, 0.6) is 0 Å². The Kier molecular flexibility index (Phi) is 8.04. The van der Waals surface area contributed by atoms with E-state index < -0.39 is 29.1 Å². The monoisotopic (exact) mass is 450 g/mol. The second-order valence-corrected chi connectivity index (χ2v) is 8.89. The van der Waals surface area contributed by atoms with Crippen molar-refractivity contribution in [2.24, 2.45) is 5.92 Å². The molecule has 2 fully saturated rings. The lowest BCUT2D eigenvalue weighted by Crippen LogP contribution is -2.58. The molecule has 1 saturated carbocycles. The minimum Gasteiger partial charge on any atom is -0.340 e. The summed E-state index contributed by atoms with van der Waals surface area (Å²) in [5.41, 5.74) is -0.699. The summed E-state index contributed by atoms with van der Waals surface area (Å²) in [4.78, 5) is 41.4. The first kappa shape index (κ1) is 23.9. The highest BCUT2D eigenvalue weighted by molar-refractivity contribution is 5.98. The molecule has 2 N–H and O–H groups in total. The number of amides is 4. The van der Waals surface area contributed by atoms with Crippen LogP contribution in [0.3, 0.4) is 0 Å². The standard InChI is InChI=1S/C23H32F2N4O3/c1-15(2)20(27-21(30)19-17(24)9-6-10-18(19)25)22(31)28-11-13-29(14-12-28)23(32)26-16-7-4-3-5-8-16/h6,9-10,15-16,20H,3-5,7-8,11-14H2,1-2H3,(H,26,32)(H,27,30)/t20-/m0/s1. The van der Waals surface area contributed by atoms with E-state index in [2.05, 4.69) is 10.6 Å². The molecule has 1 saturated heterocycles. The van der Waals surface area contributed by atoms with Crippen LogP contribution in [0.4, 0.5) is 13.6 Å². The minimum atomic E-state index is -0.977. The fraction of sp³-hybridized carbons (Fsp3) is 0.609. The molecule has 0 aromatic heterocycles. The van der Waals surface area contributed by atoms with Gasteiger partial charge in [0.2, 0.25) is 5.91 Å². The van der Waals surface area contributed by atoms with Gasteiger partial charge in [0.05, 0.1) is 0 Å². The number of hydrogen-bond donors (Lipinski definition) is 2. The molecule has 0 spiro atoms. The first-order chi connectivity index (χ1) is 15.3. The van der Waals surface area contributed by atoms with Crippen LogP contribution < -0.4 is 10.6 Å². The lowest BCUT2D eigenvalue weighted by molar-refractivity contribution is -0.135. The van der Waals surface area contributed by atoms with Gasteiger partial charge >= 0.3 is 6.03 Å². The Morgan fingerprint density at radius 1 is 0.938 bits per heavy atom. The van der Waals surface area contributed by atoms with Crippen LogP contribution in [0.1, 0.15) is 56.3 Å². The second kappa shape index (κ2) is 10.7. The van der Waals surface area contributed by atoms with Crippen LogP contribution in [0.25, 0.3) is 0 Å². The molecule has 1 aromatic rings. The predicted molar refractivity (Wildman–Crippen MR) is 116 cm³/mol. The molecule has 7 nitrogen and oxygen atoms in total. The molecule has 1 aliphatic heterocycles. The van der Waals surface area contributed by atoms with Gasteiger partial charge in [0.1, 0.15) is 23.2 Å². The number of hydrogen-bond acceptors (Lipinski definition) is 3. The van der Waals surface area contributed by atoms with Crippen LogP contribution in [-0.4, -0.2) is 65.9 Å². The number of piperazine rings is 1. The van der Waals surface area contributed by atoms with Gasteiger partial charge in [0.25, 0.3) is 5.91 Å². The summed E-state index contributed by atoms with van der Waals surface area (Å²) < 4.78 is 27.9. The maximum atomic E-state index is 14.0. The third-order valence-electron chi connectivity index (χ3n) is 6.22. The molecule has 0 unspecified atom stereocenters. The maximum absolute atomic E-state index is 14.0. The lowest BCUT2D eigenvalue weighted by Gasteiger charge is -2.38. The van der Waals surface area contributed by atoms with Crippen molar-refractivity contribution in [3.05, 3.63) is 35.4 Å². The summed E-state index contributed by atoms with van der Waals surface area (Å²) in [6.07, 6.45) is 5.48. The van der Waals surface area contributed by atoms with E-state index in [0.717, 1.165) is 37.8 Å². The summed E-state index contributed by atoms with van der Waals surface area (Å²) in [6, 6.07) is 2.37. The van der Waals surface area contributed by atoms with Gasteiger partial charge < -0.3 is 20.4 Å². The van der Waals surface area contributed by atoms with Crippen molar-refractivity contribution in [2.75, 3.05) is 26.2 Å². The number of carbonyl (C=O) groups is 3. The summed E-state index contributed by atoms with van der Waals surface area (Å²) in [6.45, 7) is 4.98. The van der Waals surface area contributed by atoms with Crippen LogP contribution in [-0.2, 0) is 4.79 Å². The molecule has 1 heterocycles. The van der Waals surface area contributed by atoms with Crippen molar-refractivity contribution < 1.29 is 23.2 Å². The van der Waals surface area contributed by atoms with Gasteiger partial charge in [-0.2, -0.15) is 0 Å². The van der Waals surface area contributed by atoms with Gasteiger partial charge in [-0.1, -0.05) is 39.2 Å². The fourth-order valence-electron chi connectivity index (χ4n) is 4.28. The summed E-state index contributed by atoms with van der Waals surface area (Å²) in [7, 11) is 0. The third kappa shape index (κ3) is 5.75. The molecular weight excluding hydrogens is 418 g/mol. The smallest absolute Gasteiger partial charge is 0.317 e. The summed E-state index contributed by atoms with van der Waals surface area (Å²) >= 11 is 0. The van der Waals surface area contributed by atoms with E-state index in [1.165, 1.54) is 12.5 Å². The quantitative estimate of drug-likeness (QED) is 0.724.